The Labute approximate surface area is 86.7 Å². The van der Waals surface area contributed by atoms with Crippen molar-refractivity contribution in [2.45, 2.75) is 51.9 Å². The van der Waals surface area contributed by atoms with E-state index in [4.69, 9.17) is 0 Å². The average molecular weight is 195 g/mol. The van der Waals surface area contributed by atoms with Crippen LogP contribution >= 0.6 is 0 Å². The molecule has 0 radical (unpaired) electrons. The third kappa shape index (κ3) is 1.79. The van der Waals surface area contributed by atoms with Gasteiger partial charge in [0.25, 0.3) is 0 Å². The number of nitrogens with zero attached hydrogens (tertiary/aromatic N) is 1. The summed E-state index contributed by atoms with van der Waals surface area (Å²) in [5.74, 6) is 0.345. The summed E-state index contributed by atoms with van der Waals surface area (Å²) in [6.07, 6.45) is 8.87. The van der Waals surface area contributed by atoms with Crippen LogP contribution in [0.3, 0.4) is 0 Å². The Bertz CT molecular complexity index is 208. The molecule has 2 fully saturated rings. The lowest BCUT2D eigenvalue weighted by molar-refractivity contribution is -0.133. The van der Waals surface area contributed by atoms with E-state index in [-0.39, 0.29) is 0 Å². The highest BCUT2D eigenvalue weighted by atomic mass is 16.2. The van der Waals surface area contributed by atoms with Crippen LogP contribution in [0.1, 0.15) is 51.9 Å². The Balaban J connectivity index is 1.88. The molecule has 0 aromatic heterocycles. The zero-order chi connectivity index (χ0) is 10.0. The Morgan fingerprint density at radius 2 is 1.71 bits per heavy atom. The highest BCUT2D eigenvalue weighted by Gasteiger charge is 2.37. The first-order valence-electron chi connectivity index (χ1n) is 6.04. The van der Waals surface area contributed by atoms with Crippen LogP contribution in [0.2, 0.25) is 0 Å². The van der Waals surface area contributed by atoms with Crippen LogP contribution < -0.4 is 0 Å². The van der Waals surface area contributed by atoms with Gasteiger partial charge in [-0.2, -0.15) is 0 Å². The minimum Gasteiger partial charge on any atom is -0.343 e. The normalized spacial score (nSPS) is 25.6. The summed E-state index contributed by atoms with van der Waals surface area (Å²) in [6.45, 7) is 4.00. The largest absolute Gasteiger partial charge is 0.343 e. The first-order valence-corrected chi connectivity index (χ1v) is 6.04. The number of hydrogen-bond acceptors (Lipinski definition) is 1. The molecular weight excluding hydrogens is 174 g/mol. The summed E-state index contributed by atoms with van der Waals surface area (Å²) in [5.41, 5.74) is 0.643. The summed E-state index contributed by atoms with van der Waals surface area (Å²) in [7, 11) is 0. The zero-order valence-corrected chi connectivity index (χ0v) is 9.22. The predicted molar refractivity (Wildman–Crippen MR) is 57.0 cm³/mol. The maximum atomic E-state index is 11.5. The molecule has 1 aliphatic carbocycles. The Morgan fingerprint density at radius 3 is 2.21 bits per heavy atom. The van der Waals surface area contributed by atoms with Crippen LogP contribution in [-0.2, 0) is 4.79 Å². The fourth-order valence-electron chi connectivity index (χ4n) is 3.08. The molecule has 1 aliphatic heterocycles. The molecule has 2 heteroatoms. The molecule has 2 rings (SSSR count). The molecule has 0 aromatic carbocycles. The van der Waals surface area contributed by atoms with Gasteiger partial charge in [0.1, 0.15) is 0 Å². The van der Waals surface area contributed by atoms with Crippen molar-refractivity contribution in [3.8, 4) is 0 Å². The van der Waals surface area contributed by atoms with Gasteiger partial charge < -0.3 is 4.90 Å². The third-order valence-electron chi connectivity index (χ3n) is 4.14. The van der Waals surface area contributed by atoms with Gasteiger partial charge in [0, 0.05) is 19.5 Å². The lowest BCUT2D eigenvalue weighted by atomic mass is 9.77. The van der Waals surface area contributed by atoms with Gasteiger partial charge in [-0.25, -0.2) is 0 Å². The van der Waals surface area contributed by atoms with Crippen LogP contribution in [-0.4, -0.2) is 23.9 Å². The van der Waals surface area contributed by atoms with Gasteiger partial charge in [0.05, 0.1) is 0 Å². The highest BCUT2D eigenvalue weighted by molar-refractivity contribution is 5.75. The lowest BCUT2D eigenvalue weighted by Gasteiger charge is -2.39. The first kappa shape index (κ1) is 10.0. The van der Waals surface area contributed by atoms with Crippen LogP contribution in [0, 0.1) is 5.41 Å². The number of piperidine rings is 1. The molecule has 80 valence electrons. The molecule has 0 N–H and O–H groups in total. The minimum absolute atomic E-state index is 0.345. The summed E-state index contributed by atoms with van der Waals surface area (Å²) >= 11 is 0. The monoisotopic (exact) mass is 195 g/mol. The molecule has 1 spiro atoms. The standard InChI is InChI=1S/C12H21NO/c1-2-11(14)13-9-7-12(8-10-13)5-3-4-6-12/h2-10H2,1H3. The van der Waals surface area contributed by atoms with E-state index in [9.17, 15) is 4.79 Å². The van der Waals surface area contributed by atoms with Crippen molar-refractivity contribution in [2.24, 2.45) is 5.41 Å². The van der Waals surface area contributed by atoms with Gasteiger partial charge in [0.15, 0.2) is 0 Å². The maximum absolute atomic E-state index is 11.5. The van der Waals surface area contributed by atoms with Gasteiger partial charge in [-0.3, -0.25) is 4.79 Å². The molecule has 14 heavy (non-hydrogen) atoms. The summed E-state index contributed by atoms with van der Waals surface area (Å²) in [6, 6.07) is 0. The molecule has 2 aliphatic rings. The molecule has 0 aromatic rings. The van der Waals surface area contributed by atoms with Crippen molar-refractivity contribution >= 4 is 5.91 Å². The van der Waals surface area contributed by atoms with Crippen LogP contribution in [0.5, 0.6) is 0 Å². The summed E-state index contributed by atoms with van der Waals surface area (Å²) < 4.78 is 0. The van der Waals surface area contributed by atoms with Gasteiger partial charge in [-0.1, -0.05) is 19.8 Å². The second-order valence-corrected chi connectivity index (χ2v) is 4.94. The number of amides is 1. The second kappa shape index (κ2) is 3.92. The highest BCUT2D eigenvalue weighted by Crippen LogP contribution is 2.46. The number of likely N-dealkylation sites (tertiary alicyclic amines) is 1. The molecule has 1 amide bonds. The molecule has 2 nitrogen and oxygen atoms in total. The smallest absolute Gasteiger partial charge is 0.222 e. The SMILES string of the molecule is CCC(=O)N1CCC2(CCCC2)CC1. The van der Waals surface area contributed by atoms with E-state index in [1.807, 2.05) is 6.92 Å². The molecule has 1 saturated carbocycles. The van der Waals surface area contributed by atoms with Gasteiger partial charge in [-0.05, 0) is 31.1 Å². The Kier molecular flexibility index (Phi) is 2.80. The molecule has 0 atom stereocenters. The Morgan fingerprint density at radius 1 is 1.14 bits per heavy atom. The van der Waals surface area contributed by atoms with Crippen LogP contribution in [0.25, 0.3) is 0 Å². The van der Waals surface area contributed by atoms with Gasteiger partial charge in [-0.15, -0.1) is 0 Å². The van der Waals surface area contributed by atoms with E-state index in [0.717, 1.165) is 13.1 Å². The molecule has 0 unspecified atom stereocenters. The average Bonchev–Trinajstić information content (AvgIpc) is 2.67. The van der Waals surface area contributed by atoms with Gasteiger partial charge in [0.2, 0.25) is 5.91 Å². The van der Waals surface area contributed by atoms with Gasteiger partial charge >= 0.3 is 0 Å². The molecule has 1 saturated heterocycles. The van der Waals surface area contributed by atoms with E-state index in [1.165, 1.54) is 38.5 Å². The number of carbonyl (C=O) groups excluding carboxylic acids is 1. The van der Waals surface area contributed by atoms with Crippen LogP contribution in [0.4, 0.5) is 0 Å². The quantitative estimate of drug-likeness (QED) is 0.629. The third-order valence-corrected chi connectivity index (χ3v) is 4.14. The van der Waals surface area contributed by atoms with E-state index < -0.39 is 0 Å². The lowest BCUT2D eigenvalue weighted by Crippen LogP contribution is -2.41. The number of carbonyl (C=O) groups is 1. The van der Waals surface area contributed by atoms with Crippen LogP contribution in [0.15, 0.2) is 0 Å². The van der Waals surface area contributed by atoms with E-state index in [2.05, 4.69) is 4.90 Å². The molecule has 1 heterocycles. The topological polar surface area (TPSA) is 20.3 Å². The Hall–Kier alpha value is -0.530. The first-order chi connectivity index (χ1) is 6.76. The maximum Gasteiger partial charge on any atom is 0.222 e. The van der Waals surface area contributed by atoms with E-state index in [0.29, 0.717) is 17.7 Å². The minimum atomic E-state index is 0.345. The summed E-state index contributed by atoms with van der Waals surface area (Å²) in [4.78, 5) is 13.6. The fraction of sp³-hybridized carbons (Fsp3) is 0.917. The molecule has 0 bridgehead atoms. The van der Waals surface area contributed by atoms with E-state index >= 15 is 0 Å². The summed E-state index contributed by atoms with van der Waals surface area (Å²) in [5, 5.41) is 0. The van der Waals surface area contributed by atoms with Crippen molar-refractivity contribution in [1.82, 2.24) is 4.90 Å². The van der Waals surface area contributed by atoms with Crippen molar-refractivity contribution < 1.29 is 4.79 Å². The van der Waals surface area contributed by atoms with Crippen molar-refractivity contribution in [2.75, 3.05) is 13.1 Å². The van der Waals surface area contributed by atoms with Crippen molar-refractivity contribution in [3.63, 3.8) is 0 Å². The molecular formula is C12H21NO. The number of rotatable bonds is 1. The second-order valence-electron chi connectivity index (χ2n) is 4.94. The van der Waals surface area contributed by atoms with Crippen molar-refractivity contribution in [1.29, 1.82) is 0 Å². The zero-order valence-electron chi connectivity index (χ0n) is 9.22. The van der Waals surface area contributed by atoms with Crippen molar-refractivity contribution in [3.05, 3.63) is 0 Å². The number of hydrogen-bond donors (Lipinski definition) is 0. The predicted octanol–water partition coefficient (Wildman–Crippen LogP) is 2.58. The fourth-order valence-corrected chi connectivity index (χ4v) is 3.08. The van der Waals surface area contributed by atoms with E-state index in [1.54, 1.807) is 0 Å².